The van der Waals surface area contributed by atoms with E-state index in [9.17, 15) is 13.2 Å². The summed E-state index contributed by atoms with van der Waals surface area (Å²) < 4.78 is 38.1. The molecule has 0 aliphatic carbocycles. The lowest BCUT2D eigenvalue weighted by Gasteiger charge is -2.20. The van der Waals surface area contributed by atoms with Gasteiger partial charge in [-0.15, -0.1) is 0 Å². The van der Waals surface area contributed by atoms with E-state index in [4.69, 9.17) is 5.84 Å². The summed E-state index contributed by atoms with van der Waals surface area (Å²) >= 11 is 0. The minimum Gasteiger partial charge on any atom is -0.366 e. The number of alkyl halides is 3. The molecule has 1 rings (SSSR count). The van der Waals surface area contributed by atoms with Gasteiger partial charge in [0, 0.05) is 12.6 Å². The molecule has 108 valence electrons. The summed E-state index contributed by atoms with van der Waals surface area (Å²) in [6.07, 6.45) is -4.43. The molecule has 0 fully saturated rings. The van der Waals surface area contributed by atoms with Crippen molar-refractivity contribution in [3.05, 3.63) is 17.7 Å². The van der Waals surface area contributed by atoms with Crippen LogP contribution in [0.25, 0.3) is 0 Å². The lowest BCUT2D eigenvalue weighted by Crippen LogP contribution is -2.30. The second-order valence-electron chi connectivity index (χ2n) is 4.58. The molecule has 0 saturated heterocycles. The van der Waals surface area contributed by atoms with Crippen molar-refractivity contribution < 1.29 is 13.2 Å². The average molecular weight is 277 g/mol. The summed E-state index contributed by atoms with van der Waals surface area (Å²) in [5.74, 6) is 5.23. The summed E-state index contributed by atoms with van der Waals surface area (Å²) in [5.41, 5.74) is 1.34. The topological polar surface area (TPSA) is 66.2 Å². The standard InChI is InChI=1S/C11H18F3N5/c1-7(6-19(2)3)16-9-4-8(11(12,13)14)5-10(17-9)18-15/h4-5,7H,6,15H2,1-3H3,(H2,16,17,18). The fourth-order valence-electron chi connectivity index (χ4n) is 1.69. The zero-order valence-electron chi connectivity index (χ0n) is 11.0. The lowest BCUT2D eigenvalue weighted by molar-refractivity contribution is -0.137. The monoisotopic (exact) mass is 277 g/mol. The first-order valence-electron chi connectivity index (χ1n) is 5.69. The first-order valence-corrected chi connectivity index (χ1v) is 5.69. The molecule has 19 heavy (non-hydrogen) atoms. The smallest absolute Gasteiger partial charge is 0.366 e. The highest BCUT2D eigenvalue weighted by Crippen LogP contribution is 2.31. The van der Waals surface area contributed by atoms with Gasteiger partial charge < -0.3 is 15.6 Å². The van der Waals surface area contributed by atoms with Crippen molar-refractivity contribution in [1.29, 1.82) is 0 Å². The van der Waals surface area contributed by atoms with Gasteiger partial charge in [-0.2, -0.15) is 13.2 Å². The van der Waals surface area contributed by atoms with Gasteiger partial charge in [-0.1, -0.05) is 0 Å². The number of nitrogen functional groups attached to an aromatic ring is 1. The number of hydrazine groups is 1. The van der Waals surface area contributed by atoms with Crippen molar-refractivity contribution in [2.24, 2.45) is 5.84 Å². The van der Waals surface area contributed by atoms with Crippen LogP contribution in [-0.4, -0.2) is 36.6 Å². The molecule has 5 nitrogen and oxygen atoms in total. The fraction of sp³-hybridized carbons (Fsp3) is 0.545. The van der Waals surface area contributed by atoms with E-state index in [1.54, 1.807) is 0 Å². The predicted molar refractivity (Wildman–Crippen MR) is 68.7 cm³/mol. The molecule has 4 N–H and O–H groups in total. The van der Waals surface area contributed by atoms with E-state index in [0.717, 1.165) is 12.1 Å². The molecular formula is C11H18F3N5. The summed E-state index contributed by atoms with van der Waals surface area (Å²) in [4.78, 5) is 5.87. The van der Waals surface area contributed by atoms with Crippen molar-refractivity contribution in [2.45, 2.75) is 19.1 Å². The molecule has 0 spiro atoms. The molecule has 1 unspecified atom stereocenters. The molecule has 0 aliphatic rings. The maximum Gasteiger partial charge on any atom is 0.416 e. The van der Waals surface area contributed by atoms with E-state index in [-0.39, 0.29) is 17.7 Å². The second kappa shape index (κ2) is 6.07. The van der Waals surface area contributed by atoms with E-state index in [1.165, 1.54) is 0 Å². The van der Waals surface area contributed by atoms with Crippen LogP contribution in [0.1, 0.15) is 12.5 Å². The lowest BCUT2D eigenvalue weighted by atomic mass is 10.2. The molecular weight excluding hydrogens is 259 g/mol. The van der Waals surface area contributed by atoms with Crippen LogP contribution in [0, 0.1) is 0 Å². The average Bonchev–Trinajstić information content (AvgIpc) is 2.25. The number of hydrogen-bond donors (Lipinski definition) is 3. The highest BCUT2D eigenvalue weighted by molar-refractivity contribution is 5.49. The maximum atomic E-state index is 12.7. The Morgan fingerprint density at radius 2 is 1.89 bits per heavy atom. The number of nitrogens with zero attached hydrogens (tertiary/aromatic N) is 2. The number of pyridine rings is 1. The SMILES string of the molecule is CC(CN(C)C)Nc1cc(C(F)(F)F)cc(NN)n1. The van der Waals surface area contributed by atoms with Gasteiger partial charge in [-0.05, 0) is 33.2 Å². The van der Waals surface area contributed by atoms with Crippen LogP contribution in [0.3, 0.4) is 0 Å². The van der Waals surface area contributed by atoms with Gasteiger partial charge in [0.05, 0.1) is 5.56 Å². The Kier molecular flexibility index (Phi) is 4.96. The number of hydrogen-bond acceptors (Lipinski definition) is 5. The molecule has 1 atom stereocenters. The van der Waals surface area contributed by atoms with Crippen LogP contribution >= 0.6 is 0 Å². The Bertz CT molecular complexity index is 419. The van der Waals surface area contributed by atoms with Gasteiger partial charge in [0.15, 0.2) is 0 Å². The Hall–Kier alpha value is -1.54. The van der Waals surface area contributed by atoms with E-state index < -0.39 is 11.7 Å². The van der Waals surface area contributed by atoms with E-state index in [2.05, 4.69) is 15.7 Å². The van der Waals surface area contributed by atoms with Crippen LogP contribution in [0.4, 0.5) is 24.8 Å². The third kappa shape index (κ3) is 4.92. The highest BCUT2D eigenvalue weighted by atomic mass is 19.4. The number of nitrogens with two attached hydrogens (primary N) is 1. The van der Waals surface area contributed by atoms with Crippen molar-refractivity contribution >= 4 is 11.6 Å². The molecule has 1 heterocycles. The van der Waals surface area contributed by atoms with Gasteiger partial charge in [-0.25, -0.2) is 10.8 Å². The number of nitrogens with one attached hydrogen (secondary N) is 2. The number of likely N-dealkylation sites (N-methyl/N-ethyl adjacent to an activating group) is 1. The Morgan fingerprint density at radius 3 is 2.37 bits per heavy atom. The van der Waals surface area contributed by atoms with Crippen LogP contribution < -0.4 is 16.6 Å². The number of anilines is 2. The normalized spacial score (nSPS) is 13.5. The molecule has 0 amide bonds. The molecule has 0 aromatic carbocycles. The molecule has 0 saturated carbocycles. The van der Waals surface area contributed by atoms with Crippen LogP contribution in [0.15, 0.2) is 12.1 Å². The van der Waals surface area contributed by atoms with Gasteiger partial charge in [-0.3, -0.25) is 0 Å². The van der Waals surface area contributed by atoms with Gasteiger partial charge in [0.25, 0.3) is 0 Å². The third-order valence-corrected chi connectivity index (χ3v) is 2.33. The Labute approximate surface area is 110 Å². The molecule has 0 aliphatic heterocycles. The van der Waals surface area contributed by atoms with Crippen molar-refractivity contribution in [3.63, 3.8) is 0 Å². The Balaban J connectivity index is 2.94. The summed E-state index contributed by atoms with van der Waals surface area (Å²) in [5, 5.41) is 2.91. The first kappa shape index (κ1) is 15.5. The largest absolute Gasteiger partial charge is 0.416 e. The number of halogens is 3. The van der Waals surface area contributed by atoms with Crippen LogP contribution in [0.2, 0.25) is 0 Å². The number of rotatable bonds is 5. The predicted octanol–water partition coefficient (Wildman–Crippen LogP) is 1.75. The first-order chi connectivity index (χ1) is 8.72. The molecule has 8 heteroatoms. The zero-order chi connectivity index (χ0) is 14.6. The number of aromatic nitrogens is 1. The molecule has 1 aromatic heterocycles. The quantitative estimate of drug-likeness (QED) is 0.565. The summed E-state index contributed by atoms with van der Waals surface area (Å²) in [6, 6.07) is 1.78. The summed E-state index contributed by atoms with van der Waals surface area (Å²) in [6.45, 7) is 2.53. The third-order valence-electron chi connectivity index (χ3n) is 2.33. The van der Waals surface area contributed by atoms with Gasteiger partial charge in [0.1, 0.15) is 11.6 Å². The minimum absolute atomic E-state index is 0.0330. The van der Waals surface area contributed by atoms with Crippen molar-refractivity contribution in [3.8, 4) is 0 Å². The van der Waals surface area contributed by atoms with Gasteiger partial charge in [0.2, 0.25) is 0 Å². The fourth-order valence-corrected chi connectivity index (χ4v) is 1.69. The second-order valence-corrected chi connectivity index (χ2v) is 4.58. The van der Waals surface area contributed by atoms with Crippen LogP contribution in [0.5, 0.6) is 0 Å². The zero-order valence-corrected chi connectivity index (χ0v) is 11.0. The highest BCUT2D eigenvalue weighted by Gasteiger charge is 2.31. The van der Waals surface area contributed by atoms with Crippen molar-refractivity contribution in [1.82, 2.24) is 9.88 Å². The molecule has 0 radical (unpaired) electrons. The summed E-state index contributed by atoms with van der Waals surface area (Å²) in [7, 11) is 3.76. The minimum atomic E-state index is -4.43. The van der Waals surface area contributed by atoms with E-state index >= 15 is 0 Å². The maximum absolute atomic E-state index is 12.7. The molecule has 1 aromatic rings. The Morgan fingerprint density at radius 1 is 1.32 bits per heavy atom. The van der Waals surface area contributed by atoms with Gasteiger partial charge >= 0.3 is 6.18 Å². The van der Waals surface area contributed by atoms with E-state index in [1.807, 2.05) is 25.9 Å². The molecule has 0 bridgehead atoms. The van der Waals surface area contributed by atoms with Crippen molar-refractivity contribution in [2.75, 3.05) is 31.4 Å². The van der Waals surface area contributed by atoms with Crippen LogP contribution in [-0.2, 0) is 6.18 Å². The van der Waals surface area contributed by atoms with E-state index in [0.29, 0.717) is 6.54 Å².